The number of carbonyl (C=O) groups is 1. The Morgan fingerprint density at radius 3 is 2.77 bits per heavy atom. The van der Waals surface area contributed by atoms with Gasteiger partial charge in [-0.3, -0.25) is 4.79 Å². The number of nitrogens with zero attached hydrogens (tertiary/aromatic N) is 1. The lowest BCUT2D eigenvalue weighted by molar-refractivity contribution is -0.122. The Morgan fingerprint density at radius 1 is 1.45 bits per heavy atom. The third-order valence-electron chi connectivity index (χ3n) is 3.80. The maximum atomic E-state index is 13.0. The third kappa shape index (κ3) is 5.05. The molecule has 0 spiro atoms. The van der Waals surface area contributed by atoms with E-state index in [2.05, 4.69) is 10.6 Å². The van der Waals surface area contributed by atoms with Gasteiger partial charge in [-0.05, 0) is 31.8 Å². The van der Waals surface area contributed by atoms with Crippen molar-refractivity contribution in [3.63, 3.8) is 0 Å². The molecule has 0 radical (unpaired) electrons. The number of nitrogens with one attached hydrogen (secondary N) is 2. The molecule has 0 saturated carbocycles. The van der Waals surface area contributed by atoms with Crippen LogP contribution in [0.15, 0.2) is 24.3 Å². The number of rotatable bonds is 6. The molecule has 1 aliphatic heterocycles. The van der Waals surface area contributed by atoms with E-state index in [0.29, 0.717) is 26.2 Å². The molecule has 1 aromatic rings. The molecule has 122 valence electrons. The fraction of sp³-hybridized carbons (Fsp3) is 0.562. The van der Waals surface area contributed by atoms with Crippen LogP contribution in [0.25, 0.3) is 0 Å². The molecular weight excluding hydrogens is 285 g/mol. The van der Waals surface area contributed by atoms with Crippen LogP contribution in [0.1, 0.15) is 18.0 Å². The van der Waals surface area contributed by atoms with Crippen molar-refractivity contribution in [1.82, 2.24) is 15.5 Å². The van der Waals surface area contributed by atoms with E-state index in [-0.39, 0.29) is 23.8 Å². The molecule has 22 heavy (non-hydrogen) atoms. The van der Waals surface area contributed by atoms with Gasteiger partial charge in [0.1, 0.15) is 5.82 Å². The van der Waals surface area contributed by atoms with Gasteiger partial charge in [0.05, 0.1) is 19.3 Å². The van der Waals surface area contributed by atoms with E-state index in [1.54, 1.807) is 12.1 Å². The molecule has 2 rings (SSSR count). The summed E-state index contributed by atoms with van der Waals surface area (Å²) in [4.78, 5) is 14.0. The van der Waals surface area contributed by atoms with E-state index >= 15 is 0 Å². The second-order valence-electron chi connectivity index (χ2n) is 5.77. The smallest absolute Gasteiger partial charge is 0.221 e. The largest absolute Gasteiger partial charge is 0.378 e. The van der Waals surface area contributed by atoms with E-state index in [9.17, 15) is 9.18 Å². The van der Waals surface area contributed by atoms with Crippen LogP contribution in [0.3, 0.4) is 0 Å². The lowest BCUT2D eigenvalue weighted by Crippen LogP contribution is -2.45. The van der Waals surface area contributed by atoms with Gasteiger partial charge in [-0.15, -0.1) is 0 Å². The highest BCUT2D eigenvalue weighted by Crippen LogP contribution is 2.17. The summed E-state index contributed by atoms with van der Waals surface area (Å²) in [5.74, 6) is -0.259. The highest BCUT2D eigenvalue weighted by atomic mass is 19.1. The van der Waals surface area contributed by atoms with E-state index in [1.807, 2.05) is 19.0 Å². The molecule has 1 aliphatic rings. The summed E-state index contributed by atoms with van der Waals surface area (Å²) in [5.41, 5.74) is 0.978. The summed E-state index contributed by atoms with van der Waals surface area (Å²) >= 11 is 0. The van der Waals surface area contributed by atoms with E-state index in [1.165, 1.54) is 12.1 Å². The standard InChI is InChI=1S/C16H24FN3O2/c1-20(2)15(12-3-5-13(17)6-4-12)10-19-16(21)9-14-11-22-8-7-18-14/h3-6,14-15,18H,7-11H2,1-2H3,(H,19,21). The number of amides is 1. The Labute approximate surface area is 130 Å². The first-order valence-electron chi connectivity index (χ1n) is 7.56. The molecule has 1 aromatic carbocycles. The Morgan fingerprint density at radius 2 is 2.18 bits per heavy atom. The van der Waals surface area contributed by atoms with Crippen LogP contribution < -0.4 is 10.6 Å². The lowest BCUT2D eigenvalue weighted by atomic mass is 10.1. The molecule has 0 bridgehead atoms. The van der Waals surface area contributed by atoms with Crippen LogP contribution in [0.5, 0.6) is 0 Å². The maximum Gasteiger partial charge on any atom is 0.221 e. The number of ether oxygens (including phenoxy) is 1. The number of halogens is 1. The first-order valence-corrected chi connectivity index (χ1v) is 7.56. The fourth-order valence-corrected chi connectivity index (χ4v) is 2.54. The number of likely N-dealkylation sites (N-methyl/N-ethyl adjacent to an activating group) is 1. The molecular formula is C16H24FN3O2. The molecule has 5 nitrogen and oxygen atoms in total. The summed E-state index contributed by atoms with van der Waals surface area (Å²) in [6.07, 6.45) is 0.406. The number of hydrogen-bond acceptors (Lipinski definition) is 4. The zero-order valence-corrected chi connectivity index (χ0v) is 13.1. The van der Waals surface area contributed by atoms with Gasteiger partial charge in [-0.2, -0.15) is 0 Å². The molecule has 1 amide bonds. The van der Waals surface area contributed by atoms with Crippen LogP contribution in [0.2, 0.25) is 0 Å². The van der Waals surface area contributed by atoms with Crippen LogP contribution in [-0.2, 0) is 9.53 Å². The minimum atomic E-state index is -0.256. The summed E-state index contributed by atoms with van der Waals surface area (Å²) in [7, 11) is 3.88. The van der Waals surface area contributed by atoms with Crippen molar-refractivity contribution in [2.75, 3.05) is 40.4 Å². The second kappa shape index (κ2) is 8.22. The van der Waals surface area contributed by atoms with Crippen molar-refractivity contribution in [2.24, 2.45) is 0 Å². The SMILES string of the molecule is CN(C)C(CNC(=O)CC1COCCN1)c1ccc(F)cc1. The average Bonchev–Trinajstić information content (AvgIpc) is 2.50. The van der Waals surface area contributed by atoms with Crippen molar-refractivity contribution < 1.29 is 13.9 Å². The maximum absolute atomic E-state index is 13.0. The minimum absolute atomic E-state index is 0.00281. The van der Waals surface area contributed by atoms with Gasteiger partial charge >= 0.3 is 0 Å². The van der Waals surface area contributed by atoms with Crippen molar-refractivity contribution in [3.8, 4) is 0 Å². The predicted molar refractivity (Wildman–Crippen MR) is 83.1 cm³/mol. The zero-order chi connectivity index (χ0) is 15.9. The Balaban J connectivity index is 1.85. The van der Waals surface area contributed by atoms with Crippen LogP contribution in [0.4, 0.5) is 4.39 Å². The summed E-state index contributed by atoms with van der Waals surface area (Å²) in [5, 5.41) is 6.21. The van der Waals surface area contributed by atoms with Crippen LogP contribution >= 0.6 is 0 Å². The number of morpholine rings is 1. The monoisotopic (exact) mass is 309 g/mol. The Kier molecular flexibility index (Phi) is 6.30. The number of carbonyl (C=O) groups excluding carboxylic acids is 1. The lowest BCUT2D eigenvalue weighted by Gasteiger charge is -2.26. The Bertz CT molecular complexity index is 473. The highest BCUT2D eigenvalue weighted by molar-refractivity contribution is 5.76. The average molecular weight is 309 g/mol. The molecule has 1 fully saturated rings. The van der Waals surface area contributed by atoms with Crippen molar-refractivity contribution in [2.45, 2.75) is 18.5 Å². The molecule has 0 aliphatic carbocycles. The van der Waals surface area contributed by atoms with Crippen molar-refractivity contribution >= 4 is 5.91 Å². The summed E-state index contributed by atoms with van der Waals surface area (Å²) in [6, 6.07) is 6.48. The van der Waals surface area contributed by atoms with E-state index in [4.69, 9.17) is 4.74 Å². The molecule has 1 heterocycles. The Hall–Kier alpha value is -1.50. The summed E-state index contributed by atoms with van der Waals surface area (Å²) < 4.78 is 18.4. The molecule has 1 saturated heterocycles. The topological polar surface area (TPSA) is 53.6 Å². The van der Waals surface area contributed by atoms with Gasteiger partial charge in [0.25, 0.3) is 0 Å². The van der Waals surface area contributed by atoms with Crippen LogP contribution in [0, 0.1) is 5.82 Å². The van der Waals surface area contributed by atoms with Gasteiger partial charge in [0, 0.05) is 25.6 Å². The van der Waals surface area contributed by atoms with Crippen LogP contribution in [-0.4, -0.2) is 57.2 Å². The van der Waals surface area contributed by atoms with Gasteiger partial charge in [0.15, 0.2) is 0 Å². The van der Waals surface area contributed by atoms with Gasteiger partial charge in [-0.1, -0.05) is 12.1 Å². The minimum Gasteiger partial charge on any atom is -0.378 e. The normalized spacial score (nSPS) is 19.9. The molecule has 6 heteroatoms. The molecule has 2 N–H and O–H groups in total. The number of benzene rings is 1. The first-order chi connectivity index (χ1) is 10.6. The van der Waals surface area contributed by atoms with E-state index in [0.717, 1.165) is 12.1 Å². The van der Waals surface area contributed by atoms with Crippen molar-refractivity contribution in [3.05, 3.63) is 35.6 Å². The predicted octanol–water partition coefficient (Wildman–Crippen LogP) is 0.923. The first kappa shape index (κ1) is 16.9. The zero-order valence-electron chi connectivity index (χ0n) is 13.1. The van der Waals surface area contributed by atoms with E-state index < -0.39 is 0 Å². The molecule has 2 unspecified atom stereocenters. The highest BCUT2D eigenvalue weighted by Gasteiger charge is 2.19. The molecule has 2 atom stereocenters. The summed E-state index contributed by atoms with van der Waals surface area (Å²) in [6.45, 7) is 2.55. The quantitative estimate of drug-likeness (QED) is 0.821. The van der Waals surface area contributed by atoms with Gasteiger partial charge in [-0.25, -0.2) is 4.39 Å². The second-order valence-corrected chi connectivity index (χ2v) is 5.77. The van der Waals surface area contributed by atoms with Gasteiger partial charge in [0.2, 0.25) is 5.91 Å². The van der Waals surface area contributed by atoms with Crippen molar-refractivity contribution in [1.29, 1.82) is 0 Å². The fourth-order valence-electron chi connectivity index (χ4n) is 2.54. The molecule has 0 aromatic heterocycles. The number of hydrogen-bond donors (Lipinski definition) is 2. The van der Waals surface area contributed by atoms with Gasteiger partial charge < -0.3 is 20.3 Å². The third-order valence-corrected chi connectivity index (χ3v) is 3.80.